The third kappa shape index (κ3) is 6.15. The molecule has 0 spiro atoms. The summed E-state index contributed by atoms with van der Waals surface area (Å²) in [6, 6.07) is 94.2. The van der Waals surface area contributed by atoms with Gasteiger partial charge < -0.3 is 0 Å². The zero-order chi connectivity index (χ0) is 43.6. The van der Waals surface area contributed by atoms with E-state index in [4.69, 9.17) is 0 Å². The average Bonchev–Trinajstić information content (AvgIpc) is 3.39. The predicted molar refractivity (Wildman–Crippen MR) is 284 cm³/mol. The summed E-state index contributed by atoms with van der Waals surface area (Å²) in [7, 11) is 0. The Hall–Kier alpha value is -8.58. The smallest absolute Gasteiger partial charge is 0.00199 e. The summed E-state index contributed by atoms with van der Waals surface area (Å²) >= 11 is 0. The van der Waals surface area contributed by atoms with Crippen LogP contribution < -0.4 is 0 Å². The van der Waals surface area contributed by atoms with Crippen LogP contribution in [0.4, 0.5) is 0 Å². The van der Waals surface area contributed by atoms with Gasteiger partial charge in [-0.05, 0) is 150 Å². The van der Waals surface area contributed by atoms with Crippen LogP contribution in [-0.2, 0) is 0 Å². The summed E-state index contributed by atoms with van der Waals surface area (Å²) in [5, 5.41) is 15.0. The van der Waals surface area contributed by atoms with Gasteiger partial charge in [0.2, 0.25) is 0 Å². The van der Waals surface area contributed by atoms with Crippen LogP contribution in [-0.4, -0.2) is 0 Å². The summed E-state index contributed by atoms with van der Waals surface area (Å²) in [5.41, 5.74) is 14.8. The van der Waals surface area contributed by atoms with Crippen molar-refractivity contribution in [2.24, 2.45) is 0 Å². The highest BCUT2D eigenvalue weighted by atomic mass is 14.2. The predicted octanol–water partition coefficient (Wildman–Crippen LogP) is 18.6. The first kappa shape index (κ1) is 37.9. The first-order valence-corrected chi connectivity index (χ1v) is 22.9. The van der Waals surface area contributed by atoms with Crippen LogP contribution in [0.2, 0.25) is 0 Å². The van der Waals surface area contributed by atoms with Gasteiger partial charge in [-0.15, -0.1) is 0 Å². The highest BCUT2D eigenvalue weighted by molar-refractivity contribution is 6.25. The molecule has 0 aliphatic rings. The molecule has 0 saturated heterocycles. The molecule has 66 heavy (non-hydrogen) atoms. The van der Waals surface area contributed by atoms with E-state index in [1.165, 1.54) is 131 Å². The molecule has 0 aliphatic carbocycles. The molecule has 0 heterocycles. The largest absolute Gasteiger partial charge is 0.0622 e. The number of hydrogen-bond acceptors (Lipinski definition) is 0. The second-order valence-electron chi connectivity index (χ2n) is 17.5. The van der Waals surface area contributed by atoms with E-state index in [-0.39, 0.29) is 0 Å². The van der Waals surface area contributed by atoms with Gasteiger partial charge in [0.15, 0.2) is 0 Å². The molecule has 13 rings (SSSR count). The Morgan fingerprint density at radius 2 is 0.455 bits per heavy atom. The summed E-state index contributed by atoms with van der Waals surface area (Å²) in [6.45, 7) is 0. The summed E-state index contributed by atoms with van der Waals surface area (Å²) < 4.78 is 0. The molecule has 0 radical (unpaired) electrons. The molecule has 13 aromatic carbocycles. The Morgan fingerprint density at radius 1 is 0.152 bits per heavy atom. The van der Waals surface area contributed by atoms with Gasteiger partial charge in [-0.2, -0.15) is 0 Å². The van der Waals surface area contributed by atoms with E-state index in [1.807, 2.05) is 0 Å². The fourth-order valence-electron chi connectivity index (χ4n) is 10.9. The normalized spacial score (nSPS) is 11.6. The van der Waals surface area contributed by atoms with Gasteiger partial charge in [0.1, 0.15) is 0 Å². The Balaban J connectivity index is 1.05. The highest BCUT2D eigenvalue weighted by Crippen LogP contribution is 2.48. The Labute approximate surface area is 384 Å². The van der Waals surface area contributed by atoms with Gasteiger partial charge in [0.05, 0.1) is 0 Å². The minimum Gasteiger partial charge on any atom is -0.0622 e. The molecule has 0 saturated carbocycles. The third-order valence-electron chi connectivity index (χ3n) is 13.8. The van der Waals surface area contributed by atoms with Crippen LogP contribution in [0.5, 0.6) is 0 Å². The highest BCUT2D eigenvalue weighted by Gasteiger charge is 2.21. The first-order chi connectivity index (χ1) is 32.8. The fraction of sp³-hybridized carbons (Fsp3) is 0. The third-order valence-corrected chi connectivity index (χ3v) is 13.8. The van der Waals surface area contributed by atoms with Gasteiger partial charge >= 0.3 is 0 Å². The monoisotopic (exact) mass is 834 g/mol. The van der Waals surface area contributed by atoms with Gasteiger partial charge in [-0.3, -0.25) is 0 Å². The molecule has 306 valence electrons. The van der Waals surface area contributed by atoms with Crippen molar-refractivity contribution in [3.05, 3.63) is 255 Å². The van der Waals surface area contributed by atoms with Gasteiger partial charge in [0.25, 0.3) is 0 Å². The maximum Gasteiger partial charge on any atom is -0.00199 e. The van der Waals surface area contributed by atoms with E-state index in [0.717, 1.165) is 0 Å². The number of hydrogen-bond donors (Lipinski definition) is 0. The second-order valence-corrected chi connectivity index (χ2v) is 17.5. The van der Waals surface area contributed by atoms with Crippen LogP contribution in [0.25, 0.3) is 131 Å². The number of benzene rings is 13. The van der Waals surface area contributed by atoms with Gasteiger partial charge in [-0.1, -0.05) is 237 Å². The summed E-state index contributed by atoms with van der Waals surface area (Å²) in [6.07, 6.45) is 0. The van der Waals surface area contributed by atoms with E-state index in [9.17, 15) is 0 Å². The molecule has 0 heteroatoms. The summed E-state index contributed by atoms with van der Waals surface area (Å²) in [4.78, 5) is 0. The molecule has 13 aromatic rings. The van der Waals surface area contributed by atoms with Crippen molar-refractivity contribution < 1.29 is 0 Å². The SMILES string of the molecule is c1ccc(-c2c3ccccc3c(-c3cccc4ccccc34)c3cc(-c4cccc(-c5ccc6c(-c7ccccc7)c7ccccc7c(-c7cccc8ccccc78)c6c5)c4)ccc23)cc1. The van der Waals surface area contributed by atoms with Crippen molar-refractivity contribution in [3.8, 4) is 66.8 Å². The molecular weight excluding hydrogens is 793 g/mol. The maximum atomic E-state index is 2.45. The lowest BCUT2D eigenvalue weighted by Gasteiger charge is -2.20. The molecular formula is C66H42. The van der Waals surface area contributed by atoms with E-state index < -0.39 is 0 Å². The Kier molecular flexibility index (Phi) is 8.96. The van der Waals surface area contributed by atoms with Gasteiger partial charge in [-0.25, -0.2) is 0 Å². The fourth-order valence-corrected chi connectivity index (χ4v) is 10.9. The van der Waals surface area contributed by atoms with Crippen LogP contribution in [0.1, 0.15) is 0 Å². The quantitative estimate of drug-likeness (QED) is 0.146. The lowest BCUT2D eigenvalue weighted by molar-refractivity contribution is 1.61. The summed E-state index contributed by atoms with van der Waals surface area (Å²) in [5.74, 6) is 0. The van der Waals surface area contributed by atoms with Crippen molar-refractivity contribution in [2.45, 2.75) is 0 Å². The zero-order valence-corrected chi connectivity index (χ0v) is 36.2. The van der Waals surface area contributed by atoms with E-state index in [0.29, 0.717) is 0 Å². The van der Waals surface area contributed by atoms with Crippen LogP contribution in [0.3, 0.4) is 0 Å². The lowest BCUT2D eigenvalue weighted by Crippen LogP contribution is -1.93. The molecule has 0 amide bonds. The van der Waals surface area contributed by atoms with Crippen molar-refractivity contribution in [1.82, 2.24) is 0 Å². The van der Waals surface area contributed by atoms with Crippen molar-refractivity contribution in [3.63, 3.8) is 0 Å². The zero-order valence-electron chi connectivity index (χ0n) is 36.2. The number of rotatable bonds is 6. The van der Waals surface area contributed by atoms with E-state index in [2.05, 4.69) is 255 Å². The second kappa shape index (κ2) is 15.6. The van der Waals surface area contributed by atoms with Crippen molar-refractivity contribution in [1.29, 1.82) is 0 Å². The molecule has 0 N–H and O–H groups in total. The molecule has 0 aromatic heterocycles. The Morgan fingerprint density at radius 3 is 0.894 bits per heavy atom. The van der Waals surface area contributed by atoms with E-state index in [1.54, 1.807) is 0 Å². The van der Waals surface area contributed by atoms with Crippen LogP contribution >= 0.6 is 0 Å². The van der Waals surface area contributed by atoms with Crippen molar-refractivity contribution in [2.75, 3.05) is 0 Å². The molecule has 0 bridgehead atoms. The van der Waals surface area contributed by atoms with Gasteiger partial charge in [0, 0.05) is 0 Å². The molecule has 0 nitrogen and oxygen atoms in total. The topological polar surface area (TPSA) is 0 Å². The molecule has 0 unspecified atom stereocenters. The van der Waals surface area contributed by atoms with Crippen molar-refractivity contribution >= 4 is 64.6 Å². The lowest BCUT2D eigenvalue weighted by atomic mass is 9.83. The molecule has 0 aliphatic heterocycles. The molecule has 0 fully saturated rings. The van der Waals surface area contributed by atoms with Crippen LogP contribution in [0.15, 0.2) is 255 Å². The minimum atomic E-state index is 1.19. The standard InChI is InChI=1S/C66H42/c1-3-20-45(21-4-1)63-55-30-11-13-32-57(55)65(53-34-16-24-43-18-7-9-28-51(43)53)61-41-49(36-38-59(61)63)47-26-15-27-48(40-47)50-37-39-60-62(42-50)66(54-35-17-25-44-19-8-10-29-52(44)54)58-33-14-12-31-56(58)64(60)46-22-5-2-6-23-46/h1-42H. The first-order valence-electron chi connectivity index (χ1n) is 22.9. The average molecular weight is 835 g/mol. The minimum absolute atomic E-state index is 1.19. The Bertz CT molecular complexity index is 3760. The number of fused-ring (bicyclic) bond motifs is 6. The maximum absolute atomic E-state index is 2.45. The molecule has 0 atom stereocenters. The van der Waals surface area contributed by atoms with E-state index >= 15 is 0 Å². The van der Waals surface area contributed by atoms with Crippen LogP contribution in [0, 0.1) is 0 Å².